The minimum Gasteiger partial charge on any atom is -1.00 e. The lowest BCUT2D eigenvalue weighted by Gasteiger charge is -2.50. The van der Waals surface area contributed by atoms with E-state index in [1.54, 1.807) is 0 Å². The number of rotatable bonds is 5. The third-order valence-corrected chi connectivity index (χ3v) is 6.34. The van der Waals surface area contributed by atoms with E-state index in [0.717, 1.165) is 5.75 Å². The second-order valence-electron chi connectivity index (χ2n) is 9.39. The molecule has 3 fully saturated rings. The van der Waals surface area contributed by atoms with Gasteiger partial charge in [-0.2, -0.15) is 0 Å². The Bertz CT molecular complexity index is 743. The first kappa shape index (κ1) is 21.2. The maximum Gasteiger partial charge on any atom is 0.119 e. The molecule has 3 aliphatic heterocycles. The zero-order valence-electron chi connectivity index (χ0n) is 17.5. The molecule has 0 N–H and O–H groups in total. The first-order chi connectivity index (χ1) is 12.9. The summed E-state index contributed by atoms with van der Waals surface area (Å²) in [5.74, 6) is 0.941. The van der Waals surface area contributed by atoms with Crippen LogP contribution in [0.3, 0.4) is 0 Å². The Morgan fingerprint density at radius 3 is 1.89 bits per heavy atom. The predicted molar refractivity (Wildman–Crippen MR) is 111 cm³/mol. The maximum atomic E-state index is 5.99. The van der Waals surface area contributed by atoms with Crippen LogP contribution >= 0.6 is 0 Å². The largest absolute Gasteiger partial charge is 1.00 e. The lowest BCUT2D eigenvalue weighted by Crippen LogP contribution is -3.00. The number of hydrogen-bond acceptors (Lipinski definition) is 2. The molecule has 3 nitrogen and oxygen atoms in total. The standard InChI is InChI=1S/C24H33N2O.ClH/c1-24(2,3)22-8-10-23(11-9-22)27-19-21-6-4-20(5-7-21)18-26-15-12-25(13-16-26)14-17-26;/h4-11H,12-19H2,1-3H3;1H/q+1;/p-1. The highest BCUT2D eigenvalue weighted by atomic mass is 35.5. The summed E-state index contributed by atoms with van der Waals surface area (Å²) in [6.07, 6.45) is 0. The average Bonchev–Trinajstić information content (AvgIpc) is 2.68. The van der Waals surface area contributed by atoms with Crippen molar-refractivity contribution < 1.29 is 21.6 Å². The Kier molecular flexibility index (Phi) is 6.38. The molecular formula is C24H33ClN2O. The molecule has 0 spiro atoms. The van der Waals surface area contributed by atoms with Crippen LogP contribution in [0.4, 0.5) is 0 Å². The zero-order valence-corrected chi connectivity index (χ0v) is 18.2. The monoisotopic (exact) mass is 400 g/mol. The van der Waals surface area contributed by atoms with Crippen LogP contribution in [0, 0.1) is 0 Å². The summed E-state index contributed by atoms with van der Waals surface area (Å²) in [4.78, 5) is 2.61. The van der Waals surface area contributed by atoms with Crippen molar-refractivity contribution in [2.45, 2.75) is 39.3 Å². The molecule has 0 aromatic heterocycles. The summed E-state index contributed by atoms with van der Waals surface area (Å²) in [6, 6.07) is 17.6. The Morgan fingerprint density at radius 2 is 1.36 bits per heavy atom. The molecule has 2 bridgehead atoms. The number of quaternary nitrogens is 1. The summed E-state index contributed by atoms with van der Waals surface area (Å²) in [6.45, 7) is 16.3. The number of fused-ring (bicyclic) bond motifs is 3. The molecule has 0 atom stereocenters. The first-order valence-corrected chi connectivity index (χ1v) is 10.3. The van der Waals surface area contributed by atoms with Crippen LogP contribution in [-0.2, 0) is 18.6 Å². The second kappa shape index (κ2) is 8.44. The molecule has 3 aliphatic rings. The molecule has 4 heteroatoms. The van der Waals surface area contributed by atoms with Crippen molar-refractivity contribution in [1.29, 1.82) is 0 Å². The van der Waals surface area contributed by atoms with Crippen molar-refractivity contribution >= 4 is 0 Å². The molecule has 3 heterocycles. The van der Waals surface area contributed by atoms with Gasteiger partial charge < -0.3 is 21.6 Å². The summed E-state index contributed by atoms with van der Waals surface area (Å²) >= 11 is 0. The Labute approximate surface area is 176 Å². The number of piperazine rings is 3. The van der Waals surface area contributed by atoms with E-state index in [2.05, 4.69) is 74.2 Å². The molecule has 152 valence electrons. The second-order valence-corrected chi connectivity index (χ2v) is 9.39. The number of nitrogens with zero attached hydrogens (tertiary/aromatic N) is 2. The van der Waals surface area contributed by atoms with Gasteiger partial charge in [0.1, 0.15) is 18.9 Å². The fraction of sp³-hybridized carbons (Fsp3) is 0.500. The van der Waals surface area contributed by atoms with Crippen LogP contribution in [-0.4, -0.2) is 48.7 Å². The summed E-state index contributed by atoms with van der Waals surface area (Å²) < 4.78 is 7.27. The van der Waals surface area contributed by atoms with Crippen LogP contribution in [0.1, 0.15) is 37.5 Å². The highest BCUT2D eigenvalue weighted by Gasteiger charge is 2.38. The Hall–Kier alpha value is -1.55. The lowest BCUT2D eigenvalue weighted by molar-refractivity contribution is -0.953. The first-order valence-electron chi connectivity index (χ1n) is 10.3. The van der Waals surface area contributed by atoms with Gasteiger partial charge >= 0.3 is 0 Å². The predicted octanol–water partition coefficient (Wildman–Crippen LogP) is 1.21. The van der Waals surface area contributed by atoms with Crippen LogP contribution in [0.2, 0.25) is 0 Å². The zero-order chi connectivity index (χ0) is 18.9. The molecule has 2 aromatic carbocycles. The smallest absolute Gasteiger partial charge is 0.119 e. The number of benzene rings is 2. The Morgan fingerprint density at radius 1 is 0.821 bits per heavy atom. The van der Waals surface area contributed by atoms with Gasteiger partial charge in [0.15, 0.2) is 0 Å². The van der Waals surface area contributed by atoms with E-state index in [-0.39, 0.29) is 17.8 Å². The van der Waals surface area contributed by atoms with Gasteiger partial charge in [-0.25, -0.2) is 0 Å². The summed E-state index contributed by atoms with van der Waals surface area (Å²) in [5, 5.41) is 0. The fourth-order valence-electron chi connectivity index (χ4n) is 4.31. The van der Waals surface area contributed by atoms with Gasteiger partial charge in [0.2, 0.25) is 0 Å². The van der Waals surface area contributed by atoms with Gasteiger partial charge in [-0.15, -0.1) is 0 Å². The van der Waals surface area contributed by atoms with E-state index in [4.69, 9.17) is 4.74 Å². The highest BCUT2D eigenvalue weighted by Crippen LogP contribution is 2.25. The minimum absolute atomic E-state index is 0. The van der Waals surface area contributed by atoms with Gasteiger partial charge in [0.05, 0.1) is 19.6 Å². The molecule has 0 amide bonds. The van der Waals surface area contributed by atoms with Crippen molar-refractivity contribution in [2.24, 2.45) is 0 Å². The van der Waals surface area contributed by atoms with E-state index < -0.39 is 0 Å². The number of ether oxygens (including phenoxy) is 1. The van der Waals surface area contributed by atoms with Crippen LogP contribution in [0.25, 0.3) is 0 Å². The SMILES string of the molecule is CC(C)(C)c1ccc(OCc2ccc(C[N+]34CCN(CC3)CC4)cc2)cc1.[Cl-]. The average molecular weight is 401 g/mol. The third kappa shape index (κ3) is 4.89. The van der Waals surface area contributed by atoms with Crippen molar-refractivity contribution in [3.05, 3.63) is 65.2 Å². The summed E-state index contributed by atoms with van der Waals surface area (Å²) in [5.41, 5.74) is 4.22. The van der Waals surface area contributed by atoms with Crippen LogP contribution in [0.15, 0.2) is 48.5 Å². The molecule has 5 rings (SSSR count). The van der Waals surface area contributed by atoms with Crippen molar-refractivity contribution in [3.8, 4) is 5.75 Å². The van der Waals surface area contributed by atoms with Crippen molar-refractivity contribution in [3.63, 3.8) is 0 Å². The third-order valence-electron chi connectivity index (χ3n) is 6.34. The molecule has 0 saturated carbocycles. The molecule has 0 radical (unpaired) electrons. The van der Waals surface area contributed by atoms with Gasteiger partial charge in [0, 0.05) is 25.2 Å². The Balaban J connectivity index is 0.00000225. The molecule has 28 heavy (non-hydrogen) atoms. The molecule has 0 unspecified atom stereocenters. The van der Waals surface area contributed by atoms with E-state index in [1.165, 1.54) is 67.0 Å². The lowest BCUT2D eigenvalue weighted by atomic mass is 9.87. The normalized spacial score (nSPS) is 23.9. The maximum absolute atomic E-state index is 5.99. The minimum atomic E-state index is 0. The molecule has 2 aromatic rings. The topological polar surface area (TPSA) is 12.5 Å². The quantitative estimate of drug-likeness (QED) is 0.699. The van der Waals surface area contributed by atoms with Crippen molar-refractivity contribution in [1.82, 2.24) is 4.90 Å². The van der Waals surface area contributed by atoms with Crippen LogP contribution in [0.5, 0.6) is 5.75 Å². The fourth-order valence-corrected chi connectivity index (χ4v) is 4.31. The van der Waals surface area contributed by atoms with E-state index in [9.17, 15) is 0 Å². The van der Waals surface area contributed by atoms with Crippen molar-refractivity contribution in [2.75, 3.05) is 39.3 Å². The molecular weight excluding hydrogens is 368 g/mol. The number of halogens is 1. The molecule has 3 saturated heterocycles. The van der Waals surface area contributed by atoms with E-state index in [0.29, 0.717) is 6.61 Å². The van der Waals surface area contributed by atoms with Crippen LogP contribution < -0.4 is 17.1 Å². The van der Waals surface area contributed by atoms with Gasteiger partial charge in [0.25, 0.3) is 0 Å². The van der Waals surface area contributed by atoms with E-state index in [1.807, 2.05) is 0 Å². The van der Waals surface area contributed by atoms with E-state index >= 15 is 0 Å². The summed E-state index contributed by atoms with van der Waals surface area (Å²) in [7, 11) is 0. The number of hydrogen-bond donors (Lipinski definition) is 0. The van der Waals surface area contributed by atoms with Gasteiger partial charge in [-0.3, -0.25) is 4.90 Å². The highest BCUT2D eigenvalue weighted by molar-refractivity contribution is 5.31. The molecule has 0 aliphatic carbocycles. The van der Waals surface area contributed by atoms with Gasteiger partial charge in [-0.05, 0) is 28.7 Å². The van der Waals surface area contributed by atoms with Gasteiger partial charge in [-0.1, -0.05) is 57.2 Å².